The summed E-state index contributed by atoms with van der Waals surface area (Å²) in [4.78, 5) is 0. The second-order valence-corrected chi connectivity index (χ2v) is 4.97. The largest absolute Gasteiger partial charge is 0.329 e. The van der Waals surface area contributed by atoms with Gasteiger partial charge in [0.25, 0.3) is 0 Å². The normalized spacial score (nSPS) is 10.7. The predicted octanol–water partition coefficient (Wildman–Crippen LogP) is 0.477. The van der Waals surface area contributed by atoms with Gasteiger partial charge in [0.1, 0.15) is 0 Å². The molecule has 1 heterocycles. The maximum Gasteiger partial charge on any atom is 0.209 e. The minimum Gasteiger partial charge on any atom is -0.329 e. The molecule has 0 saturated carbocycles. The third-order valence-corrected chi connectivity index (χ3v) is 3.62. The fourth-order valence-corrected chi connectivity index (χ4v) is 2.55. The van der Waals surface area contributed by atoms with Crippen molar-refractivity contribution >= 4 is 23.5 Å². The van der Waals surface area contributed by atoms with E-state index in [-0.39, 0.29) is 0 Å². The molecule has 1 rings (SSSR count). The zero-order valence-electron chi connectivity index (χ0n) is 8.22. The van der Waals surface area contributed by atoms with Crippen LogP contribution in [0.4, 0.5) is 0 Å². The van der Waals surface area contributed by atoms with Crippen LogP contribution < -0.4 is 5.73 Å². The summed E-state index contributed by atoms with van der Waals surface area (Å²) in [5, 5.41) is 12.3. The average molecular weight is 233 g/mol. The van der Waals surface area contributed by atoms with E-state index in [0.717, 1.165) is 22.4 Å². The van der Waals surface area contributed by atoms with Crippen LogP contribution in [-0.2, 0) is 6.54 Å². The Morgan fingerprint density at radius 2 is 2.29 bits per heavy atom. The second-order valence-electron chi connectivity index (χ2n) is 2.52. The lowest BCUT2D eigenvalue weighted by Gasteiger charge is -2.01. The molecule has 0 radical (unpaired) electrons. The molecule has 0 spiro atoms. The van der Waals surface area contributed by atoms with Crippen molar-refractivity contribution in [1.29, 1.82) is 0 Å². The molecule has 0 atom stereocenters. The number of hydrogen-bond acceptors (Lipinski definition) is 6. The number of nitrogens with two attached hydrogens (primary N) is 1. The van der Waals surface area contributed by atoms with E-state index in [0.29, 0.717) is 13.1 Å². The predicted molar refractivity (Wildman–Crippen MR) is 60.6 cm³/mol. The first kappa shape index (κ1) is 11.8. The Bertz CT molecular complexity index is 252. The molecule has 0 fully saturated rings. The molecule has 2 N–H and O–H groups in total. The van der Waals surface area contributed by atoms with Crippen molar-refractivity contribution in [2.24, 2.45) is 5.73 Å². The first-order valence-corrected chi connectivity index (χ1v) is 6.69. The van der Waals surface area contributed by atoms with Gasteiger partial charge in [-0.1, -0.05) is 18.7 Å². The van der Waals surface area contributed by atoms with Gasteiger partial charge in [0.05, 0.1) is 6.54 Å². The number of rotatable bonds is 7. The zero-order valence-corrected chi connectivity index (χ0v) is 9.85. The first-order valence-electron chi connectivity index (χ1n) is 4.55. The summed E-state index contributed by atoms with van der Waals surface area (Å²) in [7, 11) is 0. The Balaban J connectivity index is 2.30. The molecule has 7 heteroatoms. The van der Waals surface area contributed by atoms with Crippen LogP contribution in [0.5, 0.6) is 0 Å². The highest BCUT2D eigenvalue weighted by atomic mass is 32.2. The zero-order chi connectivity index (χ0) is 10.2. The van der Waals surface area contributed by atoms with Crippen LogP contribution in [0.25, 0.3) is 0 Å². The molecule has 1 aromatic rings. The van der Waals surface area contributed by atoms with E-state index >= 15 is 0 Å². The van der Waals surface area contributed by atoms with E-state index < -0.39 is 0 Å². The molecule has 0 aliphatic heterocycles. The van der Waals surface area contributed by atoms with Gasteiger partial charge >= 0.3 is 0 Å². The highest BCUT2D eigenvalue weighted by Crippen LogP contribution is 2.15. The Labute approximate surface area is 92.2 Å². The topological polar surface area (TPSA) is 69.6 Å². The molecule has 0 unspecified atom stereocenters. The Kier molecular flexibility index (Phi) is 5.97. The molecule has 0 saturated heterocycles. The van der Waals surface area contributed by atoms with Gasteiger partial charge in [-0.15, -0.1) is 5.10 Å². The molecule has 80 valence electrons. The fraction of sp³-hybridized carbons (Fsp3) is 0.857. The van der Waals surface area contributed by atoms with Crippen molar-refractivity contribution in [3.8, 4) is 0 Å². The van der Waals surface area contributed by atoms with Crippen LogP contribution in [0.2, 0.25) is 0 Å². The van der Waals surface area contributed by atoms with E-state index in [9.17, 15) is 0 Å². The van der Waals surface area contributed by atoms with Crippen LogP contribution in [0.1, 0.15) is 6.92 Å². The van der Waals surface area contributed by atoms with Gasteiger partial charge in [0, 0.05) is 18.1 Å². The summed E-state index contributed by atoms with van der Waals surface area (Å²) in [6.45, 7) is 3.42. The van der Waals surface area contributed by atoms with Crippen molar-refractivity contribution < 1.29 is 0 Å². The number of thioether (sulfide) groups is 2. The number of tetrazole rings is 1. The smallest absolute Gasteiger partial charge is 0.209 e. The van der Waals surface area contributed by atoms with E-state index in [1.54, 1.807) is 16.4 Å². The van der Waals surface area contributed by atoms with Crippen LogP contribution in [0.3, 0.4) is 0 Å². The second kappa shape index (κ2) is 7.08. The van der Waals surface area contributed by atoms with Crippen molar-refractivity contribution in [2.45, 2.75) is 18.6 Å². The van der Waals surface area contributed by atoms with Gasteiger partial charge in [-0.2, -0.15) is 11.8 Å². The van der Waals surface area contributed by atoms with Crippen molar-refractivity contribution in [2.75, 3.05) is 23.8 Å². The highest BCUT2D eigenvalue weighted by molar-refractivity contribution is 8.02. The molecule has 0 amide bonds. The third-order valence-electron chi connectivity index (χ3n) is 1.50. The van der Waals surface area contributed by atoms with Crippen molar-refractivity contribution in [3.05, 3.63) is 0 Å². The van der Waals surface area contributed by atoms with Crippen LogP contribution in [0.15, 0.2) is 5.16 Å². The molecule has 0 aliphatic rings. The summed E-state index contributed by atoms with van der Waals surface area (Å²) in [6, 6.07) is 0. The number of aromatic nitrogens is 4. The molecule has 14 heavy (non-hydrogen) atoms. The SMILES string of the molecule is CCSCCSc1nnnn1CCN. The van der Waals surface area contributed by atoms with E-state index in [1.165, 1.54) is 0 Å². The summed E-state index contributed by atoms with van der Waals surface area (Å²) in [5.41, 5.74) is 5.44. The van der Waals surface area contributed by atoms with Crippen LogP contribution in [0, 0.1) is 0 Å². The maximum atomic E-state index is 5.44. The van der Waals surface area contributed by atoms with Gasteiger partial charge in [-0.25, -0.2) is 4.68 Å². The molecule has 0 aliphatic carbocycles. The summed E-state index contributed by atoms with van der Waals surface area (Å²) >= 11 is 3.61. The molecule has 5 nitrogen and oxygen atoms in total. The molecule has 1 aromatic heterocycles. The van der Waals surface area contributed by atoms with Gasteiger partial charge in [-0.05, 0) is 16.2 Å². The Hall–Kier alpha value is -0.270. The lowest BCUT2D eigenvalue weighted by molar-refractivity contribution is 0.557. The Morgan fingerprint density at radius 1 is 1.43 bits per heavy atom. The lowest BCUT2D eigenvalue weighted by Crippen LogP contribution is -2.12. The molecule has 0 bridgehead atoms. The van der Waals surface area contributed by atoms with Crippen molar-refractivity contribution in [1.82, 2.24) is 20.2 Å². The average Bonchev–Trinajstić information content (AvgIpc) is 2.61. The molecular formula is C7H15N5S2. The van der Waals surface area contributed by atoms with Crippen LogP contribution in [-0.4, -0.2) is 44.0 Å². The molecular weight excluding hydrogens is 218 g/mol. The first-order chi connectivity index (χ1) is 6.88. The van der Waals surface area contributed by atoms with Gasteiger partial charge in [0.15, 0.2) is 0 Å². The quantitative estimate of drug-likeness (QED) is 0.545. The minimum atomic E-state index is 0.572. The van der Waals surface area contributed by atoms with Gasteiger partial charge < -0.3 is 5.73 Å². The van der Waals surface area contributed by atoms with E-state index in [2.05, 4.69) is 22.4 Å². The summed E-state index contributed by atoms with van der Waals surface area (Å²) in [5.74, 6) is 3.34. The standard InChI is InChI=1S/C7H15N5S2/c1-2-13-5-6-14-7-9-10-11-12(7)4-3-8/h2-6,8H2,1H3. The number of hydrogen-bond donors (Lipinski definition) is 1. The lowest BCUT2D eigenvalue weighted by atomic mass is 10.7. The summed E-state index contributed by atoms with van der Waals surface area (Å²) < 4.78 is 1.75. The monoisotopic (exact) mass is 233 g/mol. The fourth-order valence-electron chi connectivity index (χ4n) is 0.899. The van der Waals surface area contributed by atoms with Crippen LogP contribution >= 0.6 is 23.5 Å². The Morgan fingerprint density at radius 3 is 3.00 bits per heavy atom. The third kappa shape index (κ3) is 3.85. The maximum absolute atomic E-state index is 5.44. The van der Waals surface area contributed by atoms with E-state index in [4.69, 9.17) is 5.73 Å². The number of nitrogens with zero attached hydrogens (tertiary/aromatic N) is 4. The highest BCUT2D eigenvalue weighted by Gasteiger charge is 2.04. The van der Waals surface area contributed by atoms with Crippen molar-refractivity contribution in [3.63, 3.8) is 0 Å². The minimum absolute atomic E-state index is 0.572. The van der Waals surface area contributed by atoms with Gasteiger partial charge in [-0.3, -0.25) is 0 Å². The summed E-state index contributed by atoms with van der Waals surface area (Å²) in [6.07, 6.45) is 0. The van der Waals surface area contributed by atoms with Gasteiger partial charge in [0.2, 0.25) is 5.16 Å². The molecule has 0 aromatic carbocycles. The van der Waals surface area contributed by atoms with E-state index in [1.807, 2.05) is 11.8 Å².